The van der Waals surface area contributed by atoms with Gasteiger partial charge in [0.05, 0.1) is 11.3 Å². The second-order valence-corrected chi connectivity index (χ2v) is 6.75. The van der Waals surface area contributed by atoms with Crippen molar-refractivity contribution >= 4 is 23.4 Å². The highest BCUT2D eigenvalue weighted by atomic mass is 32.2. The fourth-order valence-corrected chi connectivity index (χ4v) is 3.62. The second kappa shape index (κ2) is 6.08. The molecule has 114 valence electrons. The van der Waals surface area contributed by atoms with Crippen molar-refractivity contribution in [1.29, 1.82) is 0 Å². The van der Waals surface area contributed by atoms with Gasteiger partial charge in [-0.2, -0.15) is 0 Å². The molecular weight excluding hydrogens is 304 g/mol. The molecule has 1 amide bonds. The van der Waals surface area contributed by atoms with Crippen molar-refractivity contribution in [2.75, 3.05) is 11.4 Å². The molecular formula is C17H15F2NOS. The molecule has 1 aliphatic heterocycles. The Morgan fingerprint density at radius 3 is 2.77 bits per heavy atom. The summed E-state index contributed by atoms with van der Waals surface area (Å²) in [6.45, 7) is 2.62. The Bertz CT molecular complexity index is 720. The Morgan fingerprint density at radius 1 is 1.23 bits per heavy atom. The summed E-state index contributed by atoms with van der Waals surface area (Å²) in [5.74, 6) is -1.94. The topological polar surface area (TPSA) is 20.3 Å². The highest BCUT2D eigenvalue weighted by Crippen LogP contribution is 2.37. The molecule has 2 nitrogen and oxygen atoms in total. The molecule has 2 aromatic rings. The Hall–Kier alpha value is -1.88. The minimum absolute atomic E-state index is 0.101. The summed E-state index contributed by atoms with van der Waals surface area (Å²) in [6, 6.07) is 10.7. The molecule has 1 atom stereocenters. The van der Waals surface area contributed by atoms with E-state index in [9.17, 15) is 13.6 Å². The van der Waals surface area contributed by atoms with Crippen LogP contribution in [0.4, 0.5) is 14.5 Å². The minimum Gasteiger partial charge on any atom is -0.307 e. The van der Waals surface area contributed by atoms with Gasteiger partial charge in [0.1, 0.15) is 11.6 Å². The quantitative estimate of drug-likeness (QED) is 0.771. The average Bonchev–Trinajstić information content (AvgIpc) is 2.65. The van der Waals surface area contributed by atoms with Crippen molar-refractivity contribution < 1.29 is 13.6 Å². The molecule has 0 spiro atoms. The van der Waals surface area contributed by atoms with E-state index in [0.29, 0.717) is 11.8 Å². The Labute approximate surface area is 132 Å². The van der Waals surface area contributed by atoms with Crippen LogP contribution in [0.2, 0.25) is 0 Å². The van der Waals surface area contributed by atoms with Crippen LogP contribution in [0.5, 0.6) is 0 Å². The van der Waals surface area contributed by atoms with Crippen LogP contribution in [0.3, 0.4) is 0 Å². The van der Waals surface area contributed by atoms with Gasteiger partial charge in [0.2, 0.25) is 0 Å². The van der Waals surface area contributed by atoms with Crippen LogP contribution < -0.4 is 4.90 Å². The van der Waals surface area contributed by atoms with Gasteiger partial charge in [0.15, 0.2) is 0 Å². The van der Waals surface area contributed by atoms with Gasteiger partial charge in [-0.25, -0.2) is 8.78 Å². The molecule has 0 saturated carbocycles. The smallest absolute Gasteiger partial charge is 0.261 e. The molecule has 0 bridgehead atoms. The number of benzene rings is 2. The molecule has 0 radical (unpaired) electrons. The first-order valence-corrected chi connectivity index (χ1v) is 7.97. The van der Waals surface area contributed by atoms with E-state index >= 15 is 0 Å². The lowest BCUT2D eigenvalue weighted by Gasteiger charge is -2.22. The number of nitrogens with zero attached hydrogens (tertiary/aromatic N) is 1. The SMILES string of the molecule is CC1CCN(C(=O)c2ccc(F)cc2F)c2ccccc2S1. The van der Waals surface area contributed by atoms with E-state index in [1.54, 1.807) is 16.7 Å². The number of thioether (sulfide) groups is 1. The molecule has 0 aromatic heterocycles. The van der Waals surface area contributed by atoms with Gasteiger partial charge >= 0.3 is 0 Å². The number of amides is 1. The molecule has 5 heteroatoms. The molecule has 0 aliphatic carbocycles. The number of carbonyl (C=O) groups excluding carboxylic acids is 1. The molecule has 3 rings (SSSR count). The number of hydrogen-bond acceptors (Lipinski definition) is 2. The number of anilines is 1. The molecule has 1 heterocycles. The first kappa shape index (κ1) is 15.0. The second-order valence-electron chi connectivity index (χ2n) is 5.27. The summed E-state index contributed by atoms with van der Waals surface area (Å²) < 4.78 is 27.0. The molecule has 1 aliphatic rings. The fourth-order valence-electron chi connectivity index (χ4n) is 2.51. The zero-order chi connectivity index (χ0) is 15.7. The number of hydrogen-bond donors (Lipinski definition) is 0. The molecule has 0 saturated heterocycles. The van der Waals surface area contributed by atoms with Crippen LogP contribution in [-0.4, -0.2) is 17.7 Å². The van der Waals surface area contributed by atoms with Gasteiger partial charge in [0, 0.05) is 22.8 Å². The predicted molar refractivity (Wildman–Crippen MR) is 84.4 cm³/mol. The summed E-state index contributed by atoms with van der Waals surface area (Å²) in [4.78, 5) is 15.3. The normalized spacial score (nSPS) is 17.8. The number of para-hydroxylation sites is 1. The van der Waals surface area contributed by atoms with E-state index < -0.39 is 17.5 Å². The van der Waals surface area contributed by atoms with Gasteiger partial charge in [0.25, 0.3) is 5.91 Å². The Balaban J connectivity index is 2.02. The fraction of sp³-hybridized carbons (Fsp3) is 0.235. The lowest BCUT2D eigenvalue weighted by molar-refractivity contribution is 0.0982. The van der Waals surface area contributed by atoms with Crippen molar-refractivity contribution in [3.8, 4) is 0 Å². The lowest BCUT2D eigenvalue weighted by Crippen LogP contribution is -2.32. The highest BCUT2D eigenvalue weighted by molar-refractivity contribution is 8.00. The van der Waals surface area contributed by atoms with Crippen LogP contribution in [-0.2, 0) is 0 Å². The predicted octanol–water partition coefficient (Wildman–Crippen LogP) is 4.50. The van der Waals surface area contributed by atoms with Gasteiger partial charge < -0.3 is 4.90 Å². The maximum Gasteiger partial charge on any atom is 0.261 e. The number of carbonyl (C=O) groups is 1. The summed E-state index contributed by atoms with van der Waals surface area (Å²) in [6.07, 6.45) is 0.813. The van der Waals surface area contributed by atoms with E-state index in [2.05, 4.69) is 6.92 Å². The van der Waals surface area contributed by atoms with Crippen molar-refractivity contribution in [2.24, 2.45) is 0 Å². The van der Waals surface area contributed by atoms with E-state index in [-0.39, 0.29) is 5.56 Å². The maximum absolute atomic E-state index is 13.9. The van der Waals surface area contributed by atoms with Gasteiger partial charge in [-0.3, -0.25) is 4.79 Å². The molecule has 2 aromatic carbocycles. The third-order valence-electron chi connectivity index (χ3n) is 3.65. The molecule has 1 unspecified atom stereocenters. The van der Waals surface area contributed by atoms with E-state index in [4.69, 9.17) is 0 Å². The molecule has 0 fully saturated rings. The summed E-state index contributed by atoms with van der Waals surface area (Å²) in [7, 11) is 0. The number of fused-ring (bicyclic) bond motifs is 1. The van der Waals surface area contributed by atoms with Crippen LogP contribution in [0.1, 0.15) is 23.7 Å². The van der Waals surface area contributed by atoms with Crippen LogP contribution in [0.25, 0.3) is 0 Å². The summed E-state index contributed by atoms with van der Waals surface area (Å²) in [5.41, 5.74) is 0.682. The Kier molecular flexibility index (Phi) is 4.16. The summed E-state index contributed by atoms with van der Waals surface area (Å²) in [5, 5.41) is 0.372. The number of halogens is 2. The zero-order valence-electron chi connectivity index (χ0n) is 12.1. The van der Waals surface area contributed by atoms with Crippen LogP contribution in [0.15, 0.2) is 47.4 Å². The number of rotatable bonds is 1. The van der Waals surface area contributed by atoms with Gasteiger partial charge in [-0.1, -0.05) is 19.1 Å². The van der Waals surface area contributed by atoms with Gasteiger partial charge in [-0.05, 0) is 30.7 Å². The largest absolute Gasteiger partial charge is 0.307 e. The maximum atomic E-state index is 13.9. The third kappa shape index (κ3) is 2.86. The monoisotopic (exact) mass is 319 g/mol. The first-order chi connectivity index (χ1) is 10.6. The van der Waals surface area contributed by atoms with Crippen molar-refractivity contribution in [3.63, 3.8) is 0 Å². The van der Waals surface area contributed by atoms with Crippen molar-refractivity contribution in [1.82, 2.24) is 0 Å². The van der Waals surface area contributed by atoms with E-state index in [1.165, 1.54) is 6.07 Å². The molecule has 0 N–H and O–H groups in total. The van der Waals surface area contributed by atoms with E-state index in [1.807, 2.05) is 24.3 Å². The lowest BCUT2D eigenvalue weighted by atomic mass is 10.1. The Morgan fingerprint density at radius 2 is 2.00 bits per heavy atom. The third-order valence-corrected chi connectivity index (χ3v) is 4.89. The van der Waals surface area contributed by atoms with Crippen molar-refractivity contribution in [2.45, 2.75) is 23.5 Å². The zero-order valence-corrected chi connectivity index (χ0v) is 12.9. The minimum atomic E-state index is -0.826. The first-order valence-electron chi connectivity index (χ1n) is 7.09. The summed E-state index contributed by atoms with van der Waals surface area (Å²) >= 11 is 1.71. The van der Waals surface area contributed by atoms with Gasteiger partial charge in [-0.15, -0.1) is 11.8 Å². The van der Waals surface area contributed by atoms with Crippen molar-refractivity contribution in [3.05, 3.63) is 59.7 Å². The highest BCUT2D eigenvalue weighted by Gasteiger charge is 2.26. The van der Waals surface area contributed by atoms with Crippen LogP contribution in [0, 0.1) is 11.6 Å². The van der Waals surface area contributed by atoms with E-state index in [0.717, 1.165) is 29.1 Å². The van der Waals surface area contributed by atoms with Crippen LogP contribution >= 0.6 is 11.8 Å². The standard InChI is InChI=1S/C17H15F2NOS/c1-11-8-9-20(15-4-2-3-5-16(15)22-11)17(21)13-7-6-12(18)10-14(13)19/h2-7,10-11H,8-9H2,1H3. The average molecular weight is 319 g/mol. The molecule has 22 heavy (non-hydrogen) atoms.